The first-order chi connectivity index (χ1) is 12.7. The summed E-state index contributed by atoms with van der Waals surface area (Å²) in [4.78, 5) is 27.1. The van der Waals surface area contributed by atoms with Gasteiger partial charge in [-0.2, -0.15) is 0 Å². The minimum absolute atomic E-state index is 0.0315. The molecule has 0 aliphatic carbocycles. The van der Waals surface area contributed by atoms with Crippen molar-refractivity contribution in [2.45, 2.75) is 13.0 Å². The zero-order chi connectivity index (χ0) is 17.9. The highest BCUT2D eigenvalue weighted by atomic mass is 32.1. The molecule has 1 aromatic carbocycles. The SMILES string of the molecule is O=C(OCc1cc(-c2cccs2)on1)C1CC(=O)N(c2ccccc2)C1. The van der Waals surface area contributed by atoms with Crippen LogP contribution in [0.15, 0.2) is 58.4 Å². The molecule has 0 saturated carbocycles. The number of benzene rings is 1. The van der Waals surface area contributed by atoms with E-state index in [0.717, 1.165) is 10.6 Å². The van der Waals surface area contributed by atoms with Crippen molar-refractivity contribution in [1.82, 2.24) is 5.16 Å². The zero-order valence-electron chi connectivity index (χ0n) is 13.8. The van der Waals surface area contributed by atoms with Crippen LogP contribution in [0.1, 0.15) is 12.1 Å². The summed E-state index contributed by atoms with van der Waals surface area (Å²) in [5.74, 6) is -0.277. The number of amides is 1. The van der Waals surface area contributed by atoms with Crippen molar-refractivity contribution in [2.75, 3.05) is 11.4 Å². The van der Waals surface area contributed by atoms with Gasteiger partial charge in [-0.15, -0.1) is 11.3 Å². The molecular weight excluding hydrogens is 352 g/mol. The van der Waals surface area contributed by atoms with Gasteiger partial charge in [0.1, 0.15) is 12.3 Å². The summed E-state index contributed by atoms with van der Waals surface area (Å²) in [6.07, 6.45) is 0.160. The van der Waals surface area contributed by atoms with Gasteiger partial charge < -0.3 is 14.2 Å². The van der Waals surface area contributed by atoms with Crippen LogP contribution >= 0.6 is 11.3 Å². The van der Waals surface area contributed by atoms with E-state index in [4.69, 9.17) is 9.26 Å². The van der Waals surface area contributed by atoms with Gasteiger partial charge in [0, 0.05) is 24.7 Å². The lowest BCUT2D eigenvalue weighted by Gasteiger charge is -2.16. The maximum absolute atomic E-state index is 12.3. The van der Waals surface area contributed by atoms with Crippen molar-refractivity contribution >= 4 is 28.9 Å². The molecule has 1 saturated heterocycles. The Morgan fingerprint density at radius 2 is 2.12 bits per heavy atom. The molecule has 3 heterocycles. The van der Waals surface area contributed by atoms with E-state index in [9.17, 15) is 9.59 Å². The van der Waals surface area contributed by atoms with Crippen LogP contribution in [0, 0.1) is 5.92 Å². The number of carbonyl (C=O) groups excluding carboxylic acids is 2. The number of para-hydroxylation sites is 1. The topological polar surface area (TPSA) is 72.6 Å². The number of thiophene rings is 1. The van der Waals surface area contributed by atoms with Crippen LogP contribution in [0.3, 0.4) is 0 Å². The molecule has 6 nitrogen and oxygen atoms in total. The number of rotatable bonds is 5. The number of anilines is 1. The maximum atomic E-state index is 12.3. The highest BCUT2D eigenvalue weighted by molar-refractivity contribution is 7.13. The van der Waals surface area contributed by atoms with E-state index >= 15 is 0 Å². The standard InChI is InChI=1S/C19H16N2O4S/c22-18-9-13(11-21(18)15-5-2-1-3-6-15)19(23)24-12-14-10-16(25-20-14)17-7-4-8-26-17/h1-8,10,13H,9,11-12H2. The van der Waals surface area contributed by atoms with E-state index in [1.54, 1.807) is 22.3 Å². The van der Waals surface area contributed by atoms with Gasteiger partial charge in [-0.3, -0.25) is 9.59 Å². The van der Waals surface area contributed by atoms with Crippen molar-refractivity contribution in [3.05, 3.63) is 59.6 Å². The third-order valence-electron chi connectivity index (χ3n) is 4.21. The molecule has 4 rings (SSSR count). The van der Waals surface area contributed by atoms with Gasteiger partial charge >= 0.3 is 5.97 Å². The first kappa shape index (κ1) is 16.5. The quantitative estimate of drug-likeness (QED) is 0.645. The molecule has 132 valence electrons. The second kappa shape index (κ2) is 7.13. The molecule has 26 heavy (non-hydrogen) atoms. The van der Waals surface area contributed by atoms with Gasteiger partial charge in [-0.05, 0) is 23.6 Å². The lowest BCUT2D eigenvalue weighted by molar-refractivity contribution is -0.149. The van der Waals surface area contributed by atoms with E-state index in [-0.39, 0.29) is 18.9 Å². The molecule has 1 amide bonds. The number of esters is 1. The third-order valence-corrected chi connectivity index (χ3v) is 5.10. The van der Waals surface area contributed by atoms with Crippen LogP contribution in [-0.2, 0) is 20.9 Å². The van der Waals surface area contributed by atoms with Gasteiger partial charge in [-0.25, -0.2) is 0 Å². The Balaban J connectivity index is 1.35. The van der Waals surface area contributed by atoms with Crippen molar-refractivity contribution < 1.29 is 18.8 Å². The fourth-order valence-corrected chi connectivity index (χ4v) is 3.57. The molecule has 0 bridgehead atoms. The predicted octanol–water partition coefficient (Wildman–Crippen LogP) is 3.50. The largest absolute Gasteiger partial charge is 0.459 e. The molecule has 0 radical (unpaired) electrons. The second-order valence-electron chi connectivity index (χ2n) is 6.01. The molecule has 0 spiro atoms. The van der Waals surface area contributed by atoms with E-state index in [0.29, 0.717) is 18.0 Å². The molecule has 1 atom stereocenters. The number of hydrogen-bond donors (Lipinski definition) is 0. The van der Waals surface area contributed by atoms with E-state index in [1.807, 2.05) is 47.8 Å². The Kier molecular flexibility index (Phi) is 4.53. The summed E-state index contributed by atoms with van der Waals surface area (Å²) in [6, 6.07) is 14.9. The molecule has 1 aliphatic rings. The van der Waals surface area contributed by atoms with Crippen LogP contribution in [0.2, 0.25) is 0 Å². The van der Waals surface area contributed by atoms with Gasteiger partial charge in [0.25, 0.3) is 0 Å². The monoisotopic (exact) mass is 368 g/mol. The summed E-state index contributed by atoms with van der Waals surface area (Å²) in [6.45, 7) is 0.366. The summed E-state index contributed by atoms with van der Waals surface area (Å²) >= 11 is 1.55. The van der Waals surface area contributed by atoms with Crippen molar-refractivity contribution in [1.29, 1.82) is 0 Å². The Bertz CT molecular complexity index is 905. The van der Waals surface area contributed by atoms with Crippen molar-refractivity contribution in [3.63, 3.8) is 0 Å². The van der Waals surface area contributed by atoms with Crippen LogP contribution < -0.4 is 4.90 Å². The molecule has 1 fully saturated rings. The van der Waals surface area contributed by atoms with Crippen LogP contribution in [0.5, 0.6) is 0 Å². The van der Waals surface area contributed by atoms with E-state index in [1.165, 1.54) is 0 Å². The summed E-state index contributed by atoms with van der Waals surface area (Å²) in [7, 11) is 0. The van der Waals surface area contributed by atoms with Crippen LogP contribution in [0.25, 0.3) is 10.6 Å². The minimum Gasteiger partial charge on any atom is -0.459 e. The van der Waals surface area contributed by atoms with E-state index in [2.05, 4.69) is 5.16 Å². The molecule has 7 heteroatoms. The molecule has 0 N–H and O–H groups in total. The number of hydrogen-bond acceptors (Lipinski definition) is 6. The highest BCUT2D eigenvalue weighted by Gasteiger charge is 2.36. The number of aromatic nitrogens is 1. The van der Waals surface area contributed by atoms with Gasteiger partial charge in [0.15, 0.2) is 5.76 Å². The molecule has 1 aliphatic heterocycles. The number of ether oxygens (including phenoxy) is 1. The Labute approximate surface area is 154 Å². The van der Waals surface area contributed by atoms with E-state index < -0.39 is 11.9 Å². The lowest BCUT2D eigenvalue weighted by Crippen LogP contribution is -2.26. The Morgan fingerprint density at radius 1 is 1.27 bits per heavy atom. The summed E-state index contributed by atoms with van der Waals surface area (Å²) < 4.78 is 10.6. The molecule has 2 aromatic heterocycles. The maximum Gasteiger partial charge on any atom is 0.311 e. The number of nitrogens with zero attached hydrogens (tertiary/aromatic N) is 2. The Hall–Kier alpha value is -2.93. The highest BCUT2D eigenvalue weighted by Crippen LogP contribution is 2.27. The van der Waals surface area contributed by atoms with Crippen molar-refractivity contribution in [2.24, 2.45) is 5.92 Å². The smallest absolute Gasteiger partial charge is 0.311 e. The fourth-order valence-electron chi connectivity index (χ4n) is 2.90. The summed E-state index contributed by atoms with van der Waals surface area (Å²) in [5, 5.41) is 5.88. The molecule has 1 unspecified atom stereocenters. The second-order valence-corrected chi connectivity index (χ2v) is 6.96. The average molecular weight is 368 g/mol. The predicted molar refractivity (Wildman–Crippen MR) is 96.5 cm³/mol. The molecule has 3 aromatic rings. The first-order valence-corrected chi connectivity index (χ1v) is 9.10. The summed E-state index contributed by atoms with van der Waals surface area (Å²) in [5.41, 5.74) is 1.34. The van der Waals surface area contributed by atoms with Crippen LogP contribution in [-0.4, -0.2) is 23.6 Å². The van der Waals surface area contributed by atoms with Crippen molar-refractivity contribution in [3.8, 4) is 10.6 Å². The minimum atomic E-state index is -0.466. The Morgan fingerprint density at radius 3 is 2.88 bits per heavy atom. The normalized spacial score (nSPS) is 16.8. The van der Waals surface area contributed by atoms with Gasteiger partial charge in [0.2, 0.25) is 5.91 Å². The fraction of sp³-hybridized carbons (Fsp3) is 0.211. The molecular formula is C19H16N2O4S. The number of carbonyl (C=O) groups is 2. The van der Waals surface area contributed by atoms with Gasteiger partial charge in [0.05, 0.1) is 10.8 Å². The van der Waals surface area contributed by atoms with Gasteiger partial charge in [-0.1, -0.05) is 29.4 Å². The lowest BCUT2D eigenvalue weighted by atomic mass is 10.1. The first-order valence-electron chi connectivity index (χ1n) is 8.22. The average Bonchev–Trinajstić information content (AvgIpc) is 3.40. The van der Waals surface area contributed by atoms with Crippen LogP contribution in [0.4, 0.5) is 5.69 Å². The zero-order valence-corrected chi connectivity index (χ0v) is 14.6. The third kappa shape index (κ3) is 3.39.